The molecule has 9 heteroatoms. The number of aromatic hydroxyl groups is 5. The number of nitrogens with zero attached hydrogens (tertiary/aromatic N) is 2. The first-order chi connectivity index (χ1) is 27.7. The van der Waals surface area contributed by atoms with Gasteiger partial charge in [-0.1, -0.05) is 73.9 Å². The van der Waals surface area contributed by atoms with Crippen LogP contribution in [0.3, 0.4) is 0 Å². The molecule has 298 valence electrons. The second kappa shape index (κ2) is 14.8. The lowest BCUT2D eigenvalue weighted by Gasteiger charge is -2.66. The van der Waals surface area contributed by atoms with E-state index in [1.54, 1.807) is 30.4 Å². The third-order valence-electron chi connectivity index (χ3n) is 15.2. The molecule has 0 bridgehead atoms. The highest BCUT2D eigenvalue weighted by Gasteiger charge is 2.70. The van der Waals surface area contributed by atoms with Gasteiger partial charge in [-0.05, 0) is 127 Å². The van der Waals surface area contributed by atoms with Crippen molar-refractivity contribution in [2.45, 2.75) is 96.1 Å². The molecular formula is C48H55N3O6. The van der Waals surface area contributed by atoms with Gasteiger partial charge >= 0.3 is 0 Å². The van der Waals surface area contributed by atoms with Gasteiger partial charge in [0.25, 0.3) is 0 Å². The molecular weight excluding hydrogens is 715 g/mol. The van der Waals surface area contributed by atoms with Crippen molar-refractivity contribution in [3.05, 3.63) is 88.5 Å². The van der Waals surface area contributed by atoms with Crippen LogP contribution >= 0.6 is 0 Å². The molecule has 9 nitrogen and oxygen atoms in total. The molecule has 5 atom stereocenters. The first-order valence-electron chi connectivity index (χ1n) is 21.1. The van der Waals surface area contributed by atoms with Gasteiger partial charge < -0.3 is 36.0 Å². The Kier molecular flexibility index (Phi) is 9.80. The third-order valence-corrected chi connectivity index (χ3v) is 15.2. The Balaban J connectivity index is 0.960. The summed E-state index contributed by atoms with van der Waals surface area (Å²) in [5.74, 6) is -0.342. The molecule has 4 aliphatic carbocycles. The van der Waals surface area contributed by atoms with E-state index in [-0.39, 0.29) is 62.4 Å². The van der Waals surface area contributed by atoms with E-state index >= 15 is 0 Å². The number of nitrogens with one attached hydrogen (secondary N) is 1. The van der Waals surface area contributed by atoms with Crippen LogP contribution in [0.5, 0.6) is 28.7 Å². The molecule has 0 aromatic heterocycles. The number of aliphatic hydroxyl groups excluding tert-OH is 1. The molecule has 7 N–H and O–H groups in total. The number of aryl methyl sites for hydroxylation is 1. The molecule has 9 rings (SSSR count). The maximum atomic E-state index is 12.1. The molecule has 2 spiro atoms. The standard InChI is InChI=1S/C48H55N3O6/c52-37-18-14-31(25-40(37)55)13-16-34-35-6-3-7-38(53)42(35)44(57)43(56)36(34)17-12-30-8-10-32(11-9-30)26-49-28-48(41-27-50-29-51-41)45-39(54)19-15-33-5-4-22-47(33,45)24-23-46(48)20-1-2-21-46/h3,6-11,13-14,16,18,25,27,33,39,45,49,52-57H,1-2,4-5,12,15,17,19-24,26,28-29H2. The van der Waals surface area contributed by atoms with Gasteiger partial charge in [-0.15, -0.1) is 0 Å². The minimum absolute atomic E-state index is 0.127. The number of phenolic OH excluding ortho intramolecular Hbond substituents is 5. The highest BCUT2D eigenvalue weighted by molar-refractivity contribution is 6.34. The number of hydrogen-bond donors (Lipinski definition) is 7. The van der Waals surface area contributed by atoms with E-state index in [4.69, 9.17) is 4.99 Å². The van der Waals surface area contributed by atoms with Crippen LogP contribution in [-0.4, -0.2) is 61.9 Å². The van der Waals surface area contributed by atoms with E-state index in [2.05, 4.69) is 40.8 Å². The normalized spacial score (nSPS) is 27.7. The van der Waals surface area contributed by atoms with Crippen LogP contribution in [0.15, 0.2) is 70.6 Å². The molecule has 1 heterocycles. The van der Waals surface area contributed by atoms with Gasteiger partial charge in [0, 0.05) is 36.2 Å². The van der Waals surface area contributed by atoms with Crippen LogP contribution in [0.2, 0.25) is 0 Å². The second-order valence-corrected chi connectivity index (χ2v) is 17.7. The molecule has 4 aromatic rings. The van der Waals surface area contributed by atoms with Crippen LogP contribution in [0.4, 0.5) is 0 Å². The van der Waals surface area contributed by atoms with E-state index in [9.17, 15) is 30.6 Å². The van der Waals surface area contributed by atoms with E-state index in [1.807, 2.05) is 0 Å². The van der Waals surface area contributed by atoms with E-state index < -0.39 is 0 Å². The molecule has 1 aliphatic heterocycles. The predicted octanol–water partition coefficient (Wildman–Crippen LogP) is 8.79. The van der Waals surface area contributed by atoms with Gasteiger partial charge in [-0.25, -0.2) is 0 Å². The van der Waals surface area contributed by atoms with Gasteiger partial charge in [0.1, 0.15) is 12.4 Å². The van der Waals surface area contributed by atoms with Crippen LogP contribution in [0, 0.1) is 28.1 Å². The molecule has 4 saturated carbocycles. The molecule has 4 aromatic carbocycles. The number of hydrogen-bond acceptors (Lipinski definition) is 9. The van der Waals surface area contributed by atoms with Crippen molar-refractivity contribution in [3.63, 3.8) is 0 Å². The molecule has 0 saturated heterocycles. The summed E-state index contributed by atoms with van der Waals surface area (Å²) in [4.78, 5) is 9.78. The molecule has 5 aliphatic rings. The van der Waals surface area contributed by atoms with Crippen molar-refractivity contribution < 1.29 is 30.6 Å². The summed E-state index contributed by atoms with van der Waals surface area (Å²) in [6.45, 7) is 1.98. The van der Waals surface area contributed by atoms with E-state index in [0.29, 0.717) is 54.0 Å². The lowest BCUT2D eigenvalue weighted by Crippen LogP contribution is -2.68. The molecule has 57 heavy (non-hydrogen) atoms. The quantitative estimate of drug-likeness (QED) is 0.0628. The van der Waals surface area contributed by atoms with Crippen LogP contribution in [0.25, 0.3) is 22.9 Å². The maximum absolute atomic E-state index is 12.1. The average molecular weight is 770 g/mol. The molecule has 4 fully saturated rings. The number of rotatable bonds is 10. The summed E-state index contributed by atoms with van der Waals surface area (Å²) in [6.07, 6.45) is 19.5. The zero-order chi connectivity index (χ0) is 39.4. The number of fused-ring (bicyclic) bond motifs is 1. The molecule has 5 unspecified atom stereocenters. The van der Waals surface area contributed by atoms with Crippen LogP contribution < -0.4 is 5.32 Å². The van der Waals surface area contributed by atoms with Gasteiger partial charge in [-0.3, -0.25) is 9.98 Å². The van der Waals surface area contributed by atoms with Crippen LogP contribution in [-0.2, 0) is 19.4 Å². The fraction of sp³-hybridized carbons (Fsp3) is 0.458. The monoisotopic (exact) mass is 769 g/mol. The van der Waals surface area contributed by atoms with Crippen molar-refractivity contribution in [2.75, 3.05) is 13.2 Å². The molecule has 0 amide bonds. The Hall–Kier alpha value is -4.86. The average Bonchev–Trinajstić information content (AvgIpc) is 4.01. The topological polar surface area (TPSA) is 158 Å². The highest BCUT2D eigenvalue weighted by atomic mass is 16.3. The van der Waals surface area contributed by atoms with Crippen molar-refractivity contribution in [3.8, 4) is 28.7 Å². The zero-order valence-electron chi connectivity index (χ0n) is 32.6. The summed E-state index contributed by atoms with van der Waals surface area (Å²) in [7, 11) is 0. The van der Waals surface area contributed by atoms with Crippen molar-refractivity contribution >= 4 is 34.9 Å². The summed E-state index contributed by atoms with van der Waals surface area (Å²) in [5, 5.41) is 69.6. The minimum atomic E-state index is -0.362. The van der Waals surface area contributed by atoms with Crippen LogP contribution in [0.1, 0.15) is 98.4 Å². The Morgan fingerprint density at radius 1 is 0.737 bits per heavy atom. The van der Waals surface area contributed by atoms with Gasteiger partial charge in [0.05, 0.1) is 17.2 Å². The number of aliphatic hydroxyl groups is 1. The van der Waals surface area contributed by atoms with Crippen molar-refractivity contribution in [2.24, 2.45) is 38.1 Å². The summed E-state index contributed by atoms with van der Waals surface area (Å²) in [6, 6.07) is 18.1. The van der Waals surface area contributed by atoms with E-state index in [1.165, 1.54) is 81.5 Å². The third kappa shape index (κ3) is 6.20. The van der Waals surface area contributed by atoms with Gasteiger partial charge in [0.2, 0.25) is 0 Å². The fourth-order valence-electron chi connectivity index (χ4n) is 12.7. The summed E-state index contributed by atoms with van der Waals surface area (Å²) >= 11 is 0. The smallest absolute Gasteiger partial charge is 0.169 e. The second-order valence-electron chi connectivity index (χ2n) is 17.7. The predicted molar refractivity (Wildman–Crippen MR) is 225 cm³/mol. The Morgan fingerprint density at radius 3 is 2.32 bits per heavy atom. The zero-order valence-corrected chi connectivity index (χ0v) is 32.6. The lowest BCUT2D eigenvalue weighted by molar-refractivity contribution is -0.175. The molecule has 0 radical (unpaired) electrons. The Labute approximate surface area is 334 Å². The Morgan fingerprint density at radius 2 is 1.54 bits per heavy atom. The minimum Gasteiger partial charge on any atom is -0.507 e. The largest absolute Gasteiger partial charge is 0.507 e. The first kappa shape index (κ1) is 37.7. The summed E-state index contributed by atoms with van der Waals surface area (Å²) < 4.78 is 0. The van der Waals surface area contributed by atoms with Crippen molar-refractivity contribution in [1.29, 1.82) is 0 Å². The van der Waals surface area contributed by atoms with E-state index in [0.717, 1.165) is 30.7 Å². The van der Waals surface area contributed by atoms with Gasteiger partial charge in [0.15, 0.2) is 23.0 Å². The Bertz CT molecular complexity index is 2260. The number of benzene rings is 4. The lowest BCUT2D eigenvalue weighted by atomic mass is 9.38. The highest BCUT2D eigenvalue weighted by Crippen LogP contribution is 2.73. The summed E-state index contributed by atoms with van der Waals surface area (Å²) in [5.41, 5.74) is 5.28. The SMILES string of the molecule is Oc1ccc(C=Cc2c(CCc3ccc(CNCC4(C5=NCN=C5)C5C(O)CCC6CCCC65CCC45CCCC5)cc3)c(O)c(O)c3c(O)cccc23)cc1O. The fourth-order valence-corrected chi connectivity index (χ4v) is 12.7. The van der Waals surface area contributed by atoms with Crippen molar-refractivity contribution in [1.82, 2.24) is 5.32 Å². The van der Waals surface area contributed by atoms with Gasteiger partial charge in [-0.2, -0.15) is 0 Å². The number of aliphatic imine (C=N–C) groups is 2. The maximum Gasteiger partial charge on any atom is 0.169 e. The number of phenols is 5. The first-order valence-corrected chi connectivity index (χ1v) is 21.1.